The number of ether oxygens (including phenoxy) is 1. The third-order valence-electron chi connectivity index (χ3n) is 11.1. The molecule has 0 saturated carbocycles. The van der Waals surface area contributed by atoms with Crippen LogP contribution in [0.3, 0.4) is 0 Å². The lowest BCUT2D eigenvalue weighted by molar-refractivity contribution is -0.147. The summed E-state index contributed by atoms with van der Waals surface area (Å²) in [5.74, 6) is -2.36. The Bertz CT molecular complexity index is 1070. The maximum absolute atomic E-state index is 12.4. The molecule has 0 aromatic rings. The van der Waals surface area contributed by atoms with Crippen molar-refractivity contribution in [3.63, 3.8) is 0 Å². The molecule has 0 aliphatic carbocycles. The van der Waals surface area contributed by atoms with Crippen molar-refractivity contribution < 1.29 is 47.8 Å². The van der Waals surface area contributed by atoms with E-state index in [0.29, 0.717) is 12.8 Å². The van der Waals surface area contributed by atoms with Crippen LogP contribution in [-0.2, 0) is 32.7 Å². The zero-order valence-corrected chi connectivity index (χ0v) is 39.4. The monoisotopic (exact) mass is 874 g/mol. The number of aliphatic carboxylic acids is 1. The minimum Gasteiger partial charge on any atom is -0.480 e. The SMILES string of the molecule is CCCCCCCC/C=C\CCCCCCCC(=O)OCC(O)COP(=O)(O)OCC(NC(=O)CCCCCCCCCCCCCCCCCCCCCCC)C(=O)O. The highest BCUT2D eigenvalue weighted by Crippen LogP contribution is 2.43. The molecule has 12 heteroatoms. The molecule has 0 aliphatic heterocycles. The first-order valence-corrected chi connectivity index (χ1v) is 26.2. The number of carboxylic acid groups (broad SMARTS) is 1. The van der Waals surface area contributed by atoms with E-state index >= 15 is 0 Å². The number of phosphoric ester groups is 1. The van der Waals surface area contributed by atoms with Gasteiger partial charge in [-0.15, -0.1) is 0 Å². The van der Waals surface area contributed by atoms with Gasteiger partial charge in [0.15, 0.2) is 6.04 Å². The molecule has 0 heterocycles. The van der Waals surface area contributed by atoms with Gasteiger partial charge >= 0.3 is 19.8 Å². The van der Waals surface area contributed by atoms with Gasteiger partial charge in [-0.1, -0.05) is 206 Å². The summed E-state index contributed by atoms with van der Waals surface area (Å²) in [6, 6.07) is -1.54. The number of phosphoric acid groups is 1. The second-order valence-corrected chi connectivity index (χ2v) is 18.5. The van der Waals surface area contributed by atoms with E-state index in [2.05, 4.69) is 31.3 Å². The highest BCUT2D eigenvalue weighted by Gasteiger charge is 2.28. The number of carbonyl (C=O) groups is 3. The Morgan fingerprint density at radius 3 is 1.27 bits per heavy atom. The summed E-state index contributed by atoms with van der Waals surface area (Å²) in [6.45, 7) is 2.62. The minimum absolute atomic E-state index is 0.151. The average Bonchev–Trinajstić information content (AvgIpc) is 3.22. The van der Waals surface area contributed by atoms with Gasteiger partial charge in [-0.25, -0.2) is 9.36 Å². The lowest BCUT2D eigenvalue weighted by atomic mass is 10.0. The smallest absolute Gasteiger partial charge is 0.472 e. The van der Waals surface area contributed by atoms with Gasteiger partial charge < -0.3 is 25.2 Å². The Kier molecular flexibility index (Phi) is 42.6. The molecule has 0 aromatic carbocycles. The van der Waals surface area contributed by atoms with Crippen molar-refractivity contribution in [2.45, 2.75) is 257 Å². The number of aliphatic hydroxyl groups is 1. The predicted molar refractivity (Wildman–Crippen MR) is 245 cm³/mol. The fraction of sp³-hybridized carbons (Fsp3) is 0.896. The average molecular weight is 874 g/mol. The first-order valence-electron chi connectivity index (χ1n) is 24.7. The fourth-order valence-corrected chi connectivity index (χ4v) is 7.97. The topological polar surface area (TPSA) is 169 Å². The lowest BCUT2D eigenvalue weighted by Crippen LogP contribution is -2.43. The zero-order chi connectivity index (χ0) is 44.2. The van der Waals surface area contributed by atoms with E-state index in [9.17, 15) is 34.1 Å². The second-order valence-electron chi connectivity index (χ2n) is 17.0. The maximum Gasteiger partial charge on any atom is 0.472 e. The van der Waals surface area contributed by atoms with Gasteiger partial charge in [-0.3, -0.25) is 18.6 Å². The van der Waals surface area contributed by atoms with Gasteiger partial charge in [0.25, 0.3) is 0 Å². The summed E-state index contributed by atoms with van der Waals surface area (Å²) in [4.78, 5) is 46.0. The van der Waals surface area contributed by atoms with Gasteiger partial charge in [0, 0.05) is 12.8 Å². The van der Waals surface area contributed by atoms with Crippen molar-refractivity contribution in [1.29, 1.82) is 0 Å². The van der Waals surface area contributed by atoms with Crippen LogP contribution in [0.25, 0.3) is 0 Å². The van der Waals surface area contributed by atoms with Crippen molar-refractivity contribution in [2.75, 3.05) is 19.8 Å². The Morgan fingerprint density at radius 2 is 0.867 bits per heavy atom. The minimum atomic E-state index is -4.76. The van der Waals surface area contributed by atoms with Gasteiger partial charge in [-0.05, 0) is 38.5 Å². The quantitative estimate of drug-likeness (QED) is 0.0200. The summed E-state index contributed by atoms with van der Waals surface area (Å²) < 4.78 is 26.9. The largest absolute Gasteiger partial charge is 0.480 e. The summed E-state index contributed by atoms with van der Waals surface area (Å²) in [7, 11) is -4.76. The van der Waals surface area contributed by atoms with Crippen molar-refractivity contribution in [3.05, 3.63) is 12.2 Å². The van der Waals surface area contributed by atoms with Gasteiger partial charge in [0.05, 0.1) is 13.2 Å². The number of aliphatic hydroxyl groups excluding tert-OH is 1. The number of amides is 1. The molecule has 0 radical (unpaired) electrons. The lowest BCUT2D eigenvalue weighted by Gasteiger charge is -2.18. The van der Waals surface area contributed by atoms with Gasteiger partial charge in [0.2, 0.25) is 5.91 Å². The number of unbranched alkanes of at least 4 members (excludes halogenated alkanes) is 31. The number of carbonyl (C=O) groups excluding carboxylic acids is 2. The Hall–Kier alpha value is -1.78. The first-order chi connectivity index (χ1) is 29.1. The molecule has 354 valence electrons. The van der Waals surface area contributed by atoms with E-state index < -0.39 is 57.6 Å². The number of hydrogen-bond acceptors (Lipinski definition) is 8. The van der Waals surface area contributed by atoms with Crippen LogP contribution in [0, 0.1) is 0 Å². The first kappa shape index (κ1) is 58.2. The number of carboxylic acids is 1. The highest BCUT2D eigenvalue weighted by molar-refractivity contribution is 7.47. The molecule has 0 fully saturated rings. The number of esters is 1. The highest BCUT2D eigenvalue weighted by atomic mass is 31.2. The maximum atomic E-state index is 12.4. The van der Waals surface area contributed by atoms with Gasteiger partial charge in [-0.2, -0.15) is 0 Å². The summed E-state index contributed by atoms with van der Waals surface area (Å²) in [5, 5.41) is 21.9. The number of rotatable bonds is 47. The second kappa shape index (κ2) is 43.9. The van der Waals surface area contributed by atoms with Crippen LogP contribution in [0.5, 0.6) is 0 Å². The molecule has 0 rings (SSSR count). The zero-order valence-electron chi connectivity index (χ0n) is 38.5. The van der Waals surface area contributed by atoms with Crippen LogP contribution < -0.4 is 5.32 Å². The van der Waals surface area contributed by atoms with E-state index in [1.54, 1.807) is 0 Å². The predicted octanol–water partition coefficient (Wildman–Crippen LogP) is 13.2. The molecule has 4 N–H and O–H groups in total. The molecule has 1 amide bonds. The molecule has 3 unspecified atom stereocenters. The van der Waals surface area contributed by atoms with E-state index in [1.807, 2.05) is 0 Å². The van der Waals surface area contributed by atoms with Crippen molar-refractivity contribution in [2.24, 2.45) is 0 Å². The number of nitrogens with one attached hydrogen (secondary N) is 1. The van der Waals surface area contributed by atoms with E-state index in [-0.39, 0.29) is 12.8 Å². The van der Waals surface area contributed by atoms with Crippen LogP contribution in [-0.4, -0.2) is 64.9 Å². The molecule has 0 saturated heterocycles. The molecule has 0 bridgehead atoms. The number of allylic oxidation sites excluding steroid dienone is 2. The van der Waals surface area contributed by atoms with Crippen LogP contribution in [0.2, 0.25) is 0 Å². The Balaban J connectivity index is 3.82. The third kappa shape index (κ3) is 42.9. The summed E-state index contributed by atoms with van der Waals surface area (Å²) in [5.41, 5.74) is 0. The molecule has 60 heavy (non-hydrogen) atoms. The molecular weight excluding hydrogens is 781 g/mol. The normalized spacial score (nSPS) is 13.7. The van der Waals surface area contributed by atoms with Crippen LogP contribution in [0.4, 0.5) is 0 Å². The molecule has 0 aromatic heterocycles. The third-order valence-corrected chi connectivity index (χ3v) is 12.0. The molecular formula is C48H92NO10P. The summed E-state index contributed by atoms with van der Waals surface area (Å²) in [6.07, 6.45) is 45.2. The molecule has 3 atom stereocenters. The Morgan fingerprint density at radius 1 is 0.517 bits per heavy atom. The van der Waals surface area contributed by atoms with Crippen molar-refractivity contribution in [1.82, 2.24) is 5.32 Å². The van der Waals surface area contributed by atoms with Crippen molar-refractivity contribution >= 4 is 25.7 Å². The van der Waals surface area contributed by atoms with E-state index in [1.165, 1.54) is 148 Å². The molecule has 0 aliphatic rings. The summed E-state index contributed by atoms with van der Waals surface area (Å²) >= 11 is 0. The van der Waals surface area contributed by atoms with Gasteiger partial charge in [0.1, 0.15) is 12.7 Å². The standard InChI is InChI=1S/C48H92NO10P/c1-3-5-7-9-11-13-15-17-19-20-21-22-23-24-26-27-29-31-33-35-37-39-46(51)49-45(48(53)54)43-59-60(55,56)58-42-44(50)41-57-47(52)40-38-36-34-32-30-28-25-18-16-14-12-10-8-6-4-2/h18,25,44-45,50H,3-17,19-24,26-43H2,1-2H3,(H,49,51)(H,53,54)(H,55,56)/b25-18-. The number of hydrogen-bond donors (Lipinski definition) is 4. The van der Waals surface area contributed by atoms with E-state index in [4.69, 9.17) is 13.8 Å². The van der Waals surface area contributed by atoms with Crippen LogP contribution in [0.1, 0.15) is 245 Å². The molecule has 0 spiro atoms. The van der Waals surface area contributed by atoms with Crippen LogP contribution >= 0.6 is 7.82 Å². The molecule has 11 nitrogen and oxygen atoms in total. The van der Waals surface area contributed by atoms with Crippen LogP contribution in [0.15, 0.2) is 12.2 Å². The Labute approximate surface area is 367 Å². The fourth-order valence-electron chi connectivity index (χ4n) is 7.19. The van der Waals surface area contributed by atoms with E-state index in [0.717, 1.165) is 57.8 Å². The van der Waals surface area contributed by atoms with Crippen molar-refractivity contribution in [3.8, 4) is 0 Å².